The monoisotopic (exact) mass is 487 g/mol. The van der Waals surface area contributed by atoms with Gasteiger partial charge in [-0.05, 0) is 110 Å². The van der Waals surface area contributed by atoms with Crippen LogP contribution in [0.5, 0.6) is 0 Å². The van der Waals surface area contributed by atoms with Gasteiger partial charge in [0.1, 0.15) is 5.00 Å². The van der Waals surface area contributed by atoms with Gasteiger partial charge in [-0.1, -0.05) is 20.8 Å². The van der Waals surface area contributed by atoms with Crippen LogP contribution in [0, 0.1) is 34.5 Å². The fourth-order valence-electron chi connectivity index (χ4n) is 7.83. The molecule has 4 saturated carbocycles. The van der Waals surface area contributed by atoms with Crippen molar-refractivity contribution in [3.63, 3.8) is 0 Å². The summed E-state index contributed by atoms with van der Waals surface area (Å²) in [6, 6.07) is 0. The van der Waals surface area contributed by atoms with E-state index in [0.717, 1.165) is 42.6 Å². The van der Waals surface area contributed by atoms with Crippen LogP contribution in [0.1, 0.15) is 92.9 Å². The van der Waals surface area contributed by atoms with Crippen LogP contribution in [0.4, 0.5) is 5.00 Å². The van der Waals surface area contributed by atoms with Gasteiger partial charge in [-0.25, -0.2) is 0 Å². The SMILES string of the molecule is CC(C)(C)C1CCc2c(sc(NC(=S)NC(=O)CC34CC5CC(CC(C5)C3)C4)c2C(N)=O)C1. The second-order valence-corrected chi connectivity index (χ2v) is 14.0. The molecule has 6 rings (SSSR count). The summed E-state index contributed by atoms with van der Waals surface area (Å²) in [5.41, 5.74) is 7.80. The number of primary amides is 1. The Morgan fingerprint density at radius 2 is 1.73 bits per heavy atom. The Labute approximate surface area is 206 Å². The molecule has 4 fully saturated rings. The molecule has 5 aliphatic carbocycles. The van der Waals surface area contributed by atoms with Crippen molar-refractivity contribution in [2.75, 3.05) is 5.32 Å². The molecule has 0 aliphatic heterocycles. The van der Waals surface area contributed by atoms with Gasteiger partial charge < -0.3 is 16.4 Å². The van der Waals surface area contributed by atoms with E-state index >= 15 is 0 Å². The van der Waals surface area contributed by atoms with E-state index in [0.29, 0.717) is 22.9 Å². The van der Waals surface area contributed by atoms with E-state index in [4.69, 9.17) is 18.0 Å². The number of fused-ring (bicyclic) bond motifs is 1. The van der Waals surface area contributed by atoms with Gasteiger partial charge >= 0.3 is 0 Å². The first-order valence-corrected chi connectivity index (χ1v) is 13.8. The van der Waals surface area contributed by atoms with Crippen LogP contribution in [0.15, 0.2) is 0 Å². The highest BCUT2D eigenvalue weighted by Crippen LogP contribution is 2.61. The number of nitrogens with one attached hydrogen (secondary N) is 2. The molecule has 5 aliphatic rings. The summed E-state index contributed by atoms with van der Waals surface area (Å²) in [5, 5.41) is 7.04. The molecule has 1 aromatic heterocycles. The molecular weight excluding hydrogens is 450 g/mol. The highest BCUT2D eigenvalue weighted by molar-refractivity contribution is 7.80. The predicted octanol–water partition coefficient (Wildman–Crippen LogP) is 5.42. The van der Waals surface area contributed by atoms with E-state index < -0.39 is 5.91 Å². The minimum absolute atomic E-state index is 0.00388. The number of nitrogens with two attached hydrogens (primary N) is 1. The zero-order chi connectivity index (χ0) is 23.5. The third-order valence-corrected chi connectivity index (χ3v) is 10.3. The Morgan fingerprint density at radius 1 is 1.12 bits per heavy atom. The lowest BCUT2D eigenvalue weighted by Gasteiger charge is -2.56. The van der Waals surface area contributed by atoms with Crippen molar-refractivity contribution in [3.05, 3.63) is 16.0 Å². The predicted molar refractivity (Wildman–Crippen MR) is 137 cm³/mol. The molecule has 1 atom stereocenters. The summed E-state index contributed by atoms with van der Waals surface area (Å²) in [6.45, 7) is 6.83. The number of hydrogen-bond acceptors (Lipinski definition) is 4. The zero-order valence-electron chi connectivity index (χ0n) is 20.1. The van der Waals surface area contributed by atoms with Gasteiger partial charge in [0.25, 0.3) is 5.91 Å². The zero-order valence-corrected chi connectivity index (χ0v) is 21.7. The van der Waals surface area contributed by atoms with E-state index in [2.05, 4.69) is 31.4 Å². The summed E-state index contributed by atoms with van der Waals surface area (Å²) in [5.74, 6) is 2.62. The maximum absolute atomic E-state index is 13.0. The van der Waals surface area contributed by atoms with E-state index in [9.17, 15) is 9.59 Å². The lowest BCUT2D eigenvalue weighted by Crippen LogP contribution is -2.48. The Hall–Kier alpha value is -1.47. The first-order chi connectivity index (χ1) is 15.5. The Bertz CT molecular complexity index is 955. The number of carbonyl (C=O) groups excluding carboxylic acids is 2. The number of hydrogen-bond donors (Lipinski definition) is 3. The Morgan fingerprint density at radius 3 is 2.27 bits per heavy atom. The van der Waals surface area contributed by atoms with E-state index in [1.165, 1.54) is 43.4 Å². The van der Waals surface area contributed by atoms with Crippen LogP contribution in [0.3, 0.4) is 0 Å². The van der Waals surface area contributed by atoms with Crippen molar-refractivity contribution in [2.45, 2.75) is 85.0 Å². The third kappa shape index (κ3) is 4.60. The molecule has 0 saturated heterocycles. The van der Waals surface area contributed by atoms with E-state index in [-0.39, 0.29) is 21.8 Å². The number of thiophene rings is 1. The number of rotatable bonds is 4. The second-order valence-electron chi connectivity index (χ2n) is 12.5. The van der Waals surface area contributed by atoms with Crippen molar-refractivity contribution >= 4 is 45.5 Å². The molecule has 5 nitrogen and oxygen atoms in total. The topological polar surface area (TPSA) is 84.2 Å². The largest absolute Gasteiger partial charge is 0.365 e. The maximum Gasteiger partial charge on any atom is 0.251 e. The highest BCUT2D eigenvalue weighted by Gasteiger charge is 2.51. The lowest BCUT2D eigenvalue weighted by molar-refractivity contribution is -0.127. The van der Waals surface area contributed by atoms with E-state index in [1.54, 1.807) is 11.3 Å². The average molecular weight is 488 g/mol. The second kappa shape index (κ2) is 8.33. The van der Waals surface area contributed by atoms with Gasteiger partial charge in [0.2, 0.25) is 5.91 Å². The van der Waals surface area contributed by atoms with Gasteiger partial charge in [-0.15, -0.1) is 11.3 Å². The molecule has 1 heterocycles. The third-order valence-electron chi connectivity index (χ3n) is 8.92. The van der Waals surface area contributed by atoms with Crippen molar-refractivity contribution in [1.82, 2.24) is 5.32 Å². The van der Waals surface area contributed by atoms with Gasteiger partial charge in [-0.3, -0.25) is 9.59 Å². The normalized spacial score (nSPS) is 32.3. The first-order valence-electron chi connectivity index (χ1n) is 12.6. The average Bonchev–Trinajstić information content (AvgIpc) is 3.02. The molecule has 1 aromatic rings. The number of anilines is 1. The summed E-state index contributed by atoms with van der Waals surface area (Å²) in [7, 11) is 0. The summed E-state index contributed by atoms with van der Waals surface area (Å²) < 4.78 is 0. The first kappa shape index (κ1) is 23.3. The molecule has 0 radical (unpaired) electrons. The van der Waals surface area contributed by atoms with Crippen molar-refractivity contribution < 1.29 is 9.59 Å². The van der Waals surface area contributed by atoms with Crippen molar-refractivity contribution in [3.8, 4) is 0 Å². The fraction of sp³-hybridized carbons (Fsp3) is 0.731. The minimum atomic E-state index is -0.424. The molecule has 4 N–H and O–H groups in total. The standard InChI is InChI=1S/C26H37N3O2S2/c1-25(2,3)17-4-5-18-19(9-17)33-23(21(18)22(27)31)29-24(32)28-20(30)13-26-10-14-6-15(11-26)8-16(7-14)12-26/h14-17H,4-13H2,1-3H3,(H2,27,31)(H2,28,29,30,32). The van der Waals surface area contributed by atoms with Gasteiger partial charge in [-0.2, -0.15) is 0 Å². The number of carbonyl (C=O) groups is 2. The van der Waals surface area contributed by atoms with Gasteiger partial charge in [0, 0.05) is 11.3 Å². The Balaban J connectivity index is 1.25. The molecule has 7 heteroatoms. The Kier molecular flexibility index (Phi) is 5.88. The highest BCUT2D eigenvalue weighted by atomic mass is 32.1. The minimum Gasteiger partial charge on any atom is -0.365 e. The number of amides is 2. The summed E-state index contributed by atoms with van der Waals surface area (Å²) in [6.07, 6.45) is 11.1. The van der Waals surface area contributed by atoms with Crippen LogP contribution in [-0.2, 0) is 17.6 Å². The van der Waals surface area contributed by atoms with Gasteiger partial charge in [0.05, 0.1) is 5.56 Å². The van der Waals surface area contributed by atoms with Crippen LogP contribution in [0.2, 0.25) is 0 Å². The van der Waals surface area contributed by atoms with Crippen LogP contribution in [0.25, 0.3) is 0 Å². The molecule has 180 valence electrons. The van der Waals surface area contributed by atoms with Gasteiger partial charge in [0.15, 0.2) is 5.11 Å². The molecular formula is C26H37N3O2S2. The van der Waals surface area contributed by atoms with Crippen LogP contribution in [-0.4, -0.2) is 16.9 Å². The van der Waals surface area contributed by atoms with E-state index in [1.807, 2.05) is 0 Å². The fourth-order valence-corrected chi connectivity index (χ4v) is 9.44. The smallest absolute Gasteiger partial charge is 0.251 e. The molecule has 0 aromatic carbocycles. The molecule has 1 unspecified atom stereocenters. The molecule has 2 amide bonds. The van der Waals surface area contributed by atoms with Crippen LogP contribution < -0.4 is 16.4 Å². The molecule has 4 bridgehead atoms. The van der Waals surface area contributed by atoms with Crippen molar-refractivity contribution in [1.29, 1.82) is 0 Å². The summed E-state index contributed by atoms with van der Waals surface area (Å²) >= 11 is 7.07. The number of thiocarbonyl (C=S) groups is 1. The van der Waals surface area contributed by atoms with Crippen molar-refractivity contribution in [2.24, 2.45) is 40.2 Å². The summed E-state index contributed by atoms with van der Waals surface area (Å²) in [4.78, 5) is 26.5. The quantitative estimate of drug-likeness (QED) is 0.495. The lowest BCUT2D eigenvalue weighted by atomic mass is 9.49. The molecule has 33 heavy (non-hydrogen) atoms. The molecule has 0 spiro atoms. The van der Waals surface area contributed by atoms with Crippen LogP contribution >= 0.6 is 23.6 Å². The maximum atomic E-state index is 13.0.